The minimum absolute atomic E-state index is 0.0541. The third-order valence-corrected chi connectivity index (χ3v) is 5.01. The van der Waals surface area contributed by atoms with Gasteiger partial charge in [-0.2, -0.15) is 8.78 Å². The molecule has 0 unspecified atom stereocenters. The number of para-hydroxylation sites is 1. The molecule has 0 aliphatic heterocycles. The molecule has 29 heavy (non-hydrogen) atoms. The quantitative estimate of drug-likeness (QED) is 0.376. The lowest BCUT2D eigenvalue weighted by molar-refractivity contribution is -0.0498. The van der Waals surface area contributed by atoms with E-state index in [1.165, 1.54) is 5.56 Å². The summed E-state index contributed by atoms with van der Waals surface area (Å²) in [5.41, 5.74) is 2.29. The first-order valence-corrected chi connectivity index (χ1v) is 9.80. The molecule has 0 radical (unpaired) electrons. The Morgan fingerprint density at radius 3 is 2.17 bits per heavy atom. The maximum atomic E-state index is 12.3. The van der Waals surface area contributed by atoms with Gasteiger partial charge >= 0.3 is 6.61 Å². The van der Waals surface area contributed by atoms with Gasteiger partial charge in [0.2, 0.25) is 0 Å². The SMILES string of the molecule is CC(C)(CCCc1cccc(Oc2ccccc2)c1)c1ccc(OC(F)F)cc1. The van der Waals surface area contributed by atoms with E-state index in [-0.39, 0.29) is 11.2 Å². The summed E-state index contributed by atoms with van der Waals surface area (Å²) in [5, 5.41) is 0. The van der Waals surface area contributed by atoms with Crippen molar-refractivity contribution in [2.45, 2.75) is 45.1 Å². The van der Waals surface area contributed by atoms with Crippen LogP contribution in [0.25, 0.3) is 0 Å². The lowest BCUT2D eigenvalue weighted by atomic mass is 9.80. The van der Waals surface area contributed by atoms with Gasteiger partial charge in [-0.25, -0.2) is 0 Å². The predicted molar refractivity (Wildman–Crippen MR) is 112 cm³/mol. The van der Waals surface area contributed by atoms with Gasteiger partial charge in [0.25, 0.3) is 0 Å². The minimum Gasteiger partial charge on any atom is -0.457 e. The molecular weight excluding hydrogens is 370 g/mol. The van der Waals surface area contributed by atoms with Gasteiger partial charge in [0.15, 0.2) is 0 Å². The smallest absolute Gasteiger partial charge is 0.387 e. The van der Waals surface area contributed by atoms with Crippen LogP contribution < -0.4 is 9.47 Å². The van der Waals surface area contributed by atoms with Crippen LogP contribution in [0.5, 0.6) is 17.2 Å². The fourth-order valence-electron chi connectivity index (χ4n) is 3.36. The van der Waals surface area contributed by atoms with Gasteiger partial charge in [-0.3, -0.25) is 0 Å². The van der Waals surface area contributed by atoms with Gasteiger partial charge in [0.1, 0.15) is 17.2 Å². The zero-order chi connectivity index (χ0) is 20.7. The normalized spacial score (nSPS) is 11.5. The number of rotatable bonds is 9. The number of benzene rings is 3. The zero-order valence-corrected chi connectivity index (χ0v) is 16.8. The summed E-state index contributed by atoms with van der Waals surface area (Å²) in [7, 11) is 0. The molecule has 0 N–H and O–H groups in total. The second-order valence-corrected chi connectivity index (χ2v) is 7.70. The van der Waals surface area contributed by atoms with Crippen LogP contribution in [0.15, 0.2) is 78.9 Å². The molecule has 0 saturated heterocycles. The van der Waals surface area contributed by atoms with Gasteiger partial charge in [-0.05, 0) is 72.2 Å². The van der Waals surface area contributed by atoms with Gasteiger partial charge in [-0.1, -0.05) is 56.3 Å². The fourth-order valence-corrected chi connectivity index (χ4v) is 3.36. The van der Waals surface area contributed by atoms with Crippen LogP contribution in [-0.2, 0) is 11.8 Å². The molecule has 152 valence electrons. The summed E-state index contributed by atoms with van der Waals surface area (Å²) in [6, 6.07) is 24.9. The number of hydrogen-bond donors (Lipinski definition) is 0. The average molecular weight is 396 g/mol. The van der Waals surface area contributed by atoms with Gasteiger partial charge < -0.3 is 9.47 Å². The fraction of sp³-hybridized carbons (Fsp3) is 0.280. The van der Waals surface area contributed by atoms with Crippen molar-refractivity contribution >= 4 is 0 Å². The van der Waals surface area contributed by atoms with Crippen molar-refractivity contribution in [3.05, 3.63) is 90.0 Å². The number of aryl methyl sites for hydroxylation is 1. The van der Waals surface area contributed by atoms with Crippen LogP contribution in [0.3, 0.4) is 0 Å². The highest BCUT2D eigenvalue weighted by atomic mass is 19.3. The zero-order valence-electron chi connectivity index (χ0n) is 16.8. The first-order valence-electron chi connectivity index (χ1n) is 9.80. The lowest BCUT2D eigenvalue weighted by Crippen LogP contribution is -2.17. The third kappa shape index (κ3) is 6.31. The van der Waals surface area contributed by atoms with E-state index < -0.39 is 6.61 Å². The predicted octanol–water partition coefficient (Wildman–Crippen LogP) is 7.38. The molecule has 0 amide bonds. The first kappa shape index (κ1) is 20.8. The molecule has 0 atom stereocenters. The molecule has 0 spiro atoms. The Bertz CT molecular complexity index is 890. The maximum Gasteiger partial charge on any atom is 0.387 e. The number of hydrogen-bond acceptors (Lipinski definition) is 2. The molecule has 3 aromatic rings. The maximum absolute atomic E-state index is 12.3. The molecule has 4 heteroatoms. The van der Waals surface area contributed by atoms with E-state index in [1.807, 2.05) is 54.6 Å². The monoisotopic (exact) mass is 396 g/mol. The van der Waals surface area contributed by atoms with Crippen molar-refractivity contribution in [2.75, 3.05) is 0 Å². The summed E-state index contributed by atoms with van der Waals surface area (Å²) in [4.78, 5) is 0. The summed E-state index contributed by atoms with van der Waals surface area (Å²) >= 11 is 0. The Hall–Kier alpha value is -2.88. The molecule has 0 aliphatic rings. The Labute approximate surface area is 171 Å². The second-order valence-electron chi connectivity index (χ2n) is 7.70. The summed E-state index contributed by atoms with van der Waals surface area (Å²) in [6.45, 7) is 1.55. The number of halogens is 2. The molecule has 3 aromatic carbocycles. The lowest BCUT2D eigenvalue weighted by Gasteiger charge is -2.25. The van der Waals surface area contributed by atoms with E-state index in [9.17, 15) is 8.78 Å². The van der Waals surface area contributed by atoms with Crippen LogP contribution in [0, 0.1) is 0 Å². The first-order chi connectivity index (χ1) is 13.9. The van der Waals surface area contributed by atoms with Gasteiger partial charge in [-0.15, -0.1) is 0 Å². The Balaban J connectivity index is 1.55. The van der Waals surface area contributed by atoms with Crippen molar-refractivity contribution in [3.63, 3.8) is 0 Å². The second kappa shape index (κ2) is 9.55. The van der Waals surface area contributed by atoms with Crippen LogP contribution in [-0.4, -0.2) is 6.61 Å². The summed E-state index contributed by atoms with van der Waals surface area (Å²) in [6.07, 6.45) is 2.94. The molecule has 3 rings (SSSR count). The Kier molecular flexibility index (Phi) is 6.86. The van der Waals surface area contributed by atoms with Crippen molar-refractivity contribution in [1.29, 1.82) is 0 Å². The topological polar surface area (TPSA) is 18.5 Å². The number of alkyl halides is 2. The van der Waals surface area contributed by atoms with E-state index in [2.05, 4.69) is 30.7 Å². The molecule has 0 aromatic heterocycles. The standard InChI is InChI=1S/C25H26F2O2/c1-25(2,20-13-15-22(16-14-20)29-24(26)27)17-7-9-19-8-6-12-23(18-19)28-21-10-4-3-5-11-21/h3-6,8,10-16,18,24H,7,9,17H2,1-2H3. The van der Waals surface area contributed by atoms with Gasteiger partial charge in [0, 0.05) is 0 Å². The van der Waals surface area contributed by atoms with Crippen LogP contribution >= 0.6 is 0 Å². The molecule has 0 heterocycles. The van der Waals surface area contributed by atoms with E-state index >= 15 is 0 Å². The minimum atomic E-state index is -2.80. The molecule has 0 fully saturated rings. The van der Waals surface area contributed by atoms with Crippen LogP contribution in [0.4, 0.5) is 8.78 Å². The average Bonchev–Trinajstić information content (AvgIpc) is 2.69. The highest BCUT2D eigenvalue weighted by Gasteiger charge is 2.20. The molecule has 0 bridgehead atoms. The molecule has 2 nitrogen and oxygen atoms in total. The van der Waals surface area contributed by atoms with Crippen molar-refractivity contribution in [1.82, 2.24) is 0 Å². The number of ether oxygens (including phenoxy) is 2. The van der Waals surface area contributed by atoms with E-state index in [0.29, 0.717) is 0 Å². The summed E-state index contributed by atoms with van der Waals surface area (Å²) < 4.78 is 34.9. The van der Waals surface area contributed by atoms with Crippen LogP contribution in [0.1, 0.15) is 37.8 Å². The largest absolute Gasteiger partial charge is 0.457 e. The molecular formula is C25H26F2O2. The highest BCUT2D eigenvalue weighted by molar-refractivity contribution is 5.34. The van der Waals surface area contributed by atoms with Crippen molar-refractivity contribution < 1.29 is 18.3 Å². The highest BCUT2D eigenvalue weighted by Crippen LogP contribution is 2.31. The van der Waals surface area contributed by atoms with Crippen molar-refractivity contribution in [3.8, 4) is 17.2 Å². The Morgan fingerprint density at radius 1 is 0.793 bits per heavy atom. The van der Waals surface area contributed by atoms with E-state index in [0.717, 1.165) is 36.3 Å². The third-order valence-electron chi connectivity index (χ3n) is 5.01. The van der Waals surface area contributed by atoms with Gasteiger partial charge in [0.05, 0.1) is 0 Å². The molecule has 0 saturated carbocycles. The van der Waals surface area contributed by atoms with E-state index in [4.69, 9.17) is 4.74 Å². The summed E-state index contributed by atoms with van der Waals surface area (Å²) in [5.74, 6) is 1.85. The van der Waals surface area contributed by atoms with E-state index in [1.54, 1.807) is 12.1 Å². The molecule has 0 aliphatic carbocycles. The van der Waals surface area contributed by atoms with Crippen molar-refractivity contribution in [2.24, 2.45) is 0 Å². The Morgan fingerprint density at radius 2 is 1.48 bits per heavy atom. The van der Waals surface area contributed by atoms with Crippen LogP contribution in [0.2, 0.25) is 0 Å².